The van der Waals surface area contributed by atoms with Crippen LogP contribution in [0.5, 0.6) is 0 Å². The fourth-order valence-electron chi connectivity index (χ4n) is 6.24. The monoisotopic (exact) mass is 597 g/mol. The summed E-state index contributed by atoms with van der Waals surface area (Å²) in [5.74, 6) is -1.67. The molecule has 1 N–H and O–H groups in total. The van der Waals surface area contributed by atoms with Gasteiger partial charge in [-0.15, -0.1) is 0 Å². The number of benzene rings is 2. The molecule has 1 atom stereocenters. The molecular weight excluding hydrogens is 561 g/mol. The number of ketones is 1. The molecule has 10 heteroatoms. The summed E-state index contributed by atoms with van der Waals surface area (Å²) < 4.78 is 28.7. The van der Waals surface area contributed by atoms with Crippen LogP contribution in [0, 0.1) is 11.7 Å². The lowest BCUT2D eigenvalue weighted by Gasteiger charge is -2.41. The number of methoxy groups -OCH3 is 1. The first-order valence-electron chi connectivity index (χ1n) is 14.5. The maximum Gasteiger partial charge on any atom is 0.308 e. The predicted octanol–water partition coefficient (Wildman–Crippen LogP) is 5.90. The van der Waals surface area contributed by atoms with E-state index in [4.69, 9.17) is 21.1 Å². The van der Waals surface area contributed by atoms with E-state index in [1.165, 1.54) is 13.2 Å². The normalized spacial score (nSPS) is 20.8. The summed E-state index contributed by atoms with van der Waals surface area (Å²) in [5, 5.41) is 3.63. The maximum atomic E-state index is 15.4. The molecule has 1 aromatic heterocycles. The summed E-state index contributed by atoms with van der Waals surface area (Å²) in [6, 6.07) is 10.1. The lowest BCUT2D eigenvalue weighted by Crippen LogP contribution is -2.56. The van der Waals surface area contributed by atoms with E-state index in [1.54, 1.807) is 13.1 Å². The molecule has 2 aliphatic rings. The lowest BCUT2D eigenvalue weighted by molar-refractivity contribution is -0.190. The van der Waals surface area contributed by atoms with E-state index < -0.39 is 17.4 Å². The number of amides is 1. The van der Waals surface area contributed by atoms with Crippen LogP contribution >= 0.6 is 11.6 Å². The van der Waals surface area contributed by atoms with Crippen molar-refractivity contribution in [3.05, 3.63) is 64.6 Å². The fraction of sp³-hybridized carbons (Fsp3) is 0.469. The van der Waals surface area contributed by atoms with Gasteiger partial charge in [0.1, 0.15) is 5.82 Å². The number of carbonyl (C=O) groups excluding carboxylic acids is 3. The smallest absolute Gasteiger partial charge is 0.308 e. The number of fused-ring (bicyclic) bond motifs is 1. The Morgan fingerprint density at radius 1 is 1.10 bits per heavy atom. The van der Waals surface area contributed by atoms with Gasteiger partial charge in [0.05, 0.1) is 35.4 Å². The molecule has 0 bridgehead atoms. The molecule has 1 aliphatic heterocycles. The van der Waals surface area contributed by atoms with Crippen LogP contribution in [0.2, 0.25) is 5.02 Å². The summed E-state index contributed by atoms with van der Waals surface area (Å²) in [6.07, 6.45) is 5.77. The van der Waals surface area contributed by atoms with Gasteiger partial charge in [-0.2, -0.15) is 0 Å². The Labute approximate surface area is 250 Å². The van der Waals surface area contributed by atoms with Crippen LogP contribution < -0.4 is 5.32 Å². The standard InChI is InChI=1S/C32H37ClFN3O5/c1-32(37-14-6-7-15-37,42-22-12-10-20(11-13-22)31(40)41-3)29(38)17-21-16-25(33)27(18-26(21)34)35-30(39)24-19-36(2)28-9-5-4-8-23(24)28/h4-5,8-9,16,18-20,22H,6-7,10-15,17H2,1-3H3,(H,35,39). The molecule has 2 fully saturated rings. The molecule has 3 aromatic rings. The molecule has 1 saturated carbocycles. The first-order valence-corrected chi connectivity index (χ1v) is 14.9. The number of hydrogen-bond donors (Lipinski definition) is 1. The number of nitrogens with one attached hydrogen (secondary N) is 1. The Morgan fingerprint density at radius 2 is 1.79 bits per heavy atom. The molecular formula is C32H37ClFN3O5. The zero-order valence-electron chi connectivity index (χ0n) is 24.3. The highest BCUT2D eigenvalue weighted by Gasteiger charge is 2.44. The van der Waals surface area contributed by atoms with Crippen molar-refractivity contribution < 1.29 is 28.2 Å². The number of carbonyl (C=O) groups is 3. The minimum absolute atomic E-state index is 0.129. The number of anilines is 1. The third kappa shape index (κ3) is 6.09. The molecule has 224 valence electrons. The third-order valence-corrected chi connectivity index (χ3v) is 9.02. The van der Waals surface area contributed by atoms with E-state index >= 15 is 4.39 Å². The summed E-state index contributed by atoms with van der Waals surface area (Å²) in [6.45, 7) is 3.19. The van der Waals surface area contributed by atoms with Crippen LogP contribution in [0.25, 0.3) is 10.9 Å². The van der Waals surface area contributed by atoms with Gasteiger partial charge in [-0.3, -0.25) is 19.3 Å². The third-order valence-electron chi connectivity index (χ3n) is 8.71. The number of ether oxygens (including phenoxy) is 2. The van der Waals surface area contributed by atoms with E-state index in [0.29, 0.717) is 44.3 Å². The molecule has 1 saturated heterocycles. The molecule has 5 rings (SSSR count). The summed E-state index contributed by atoms with van der Waals surface area (Å²) in [4.78, 5) is 40.9. The van der Waals surface area contributed by atoms with Crippen LogP contribution in [0.1, 0.15) is 61.4 Å². The molecule has 1 amide bonds. The topological polar surface area (TPSA) is 89.9 Å². The predicted molar refractivity (Wildman–Crippen MR) is 159 cm³/mol. The highest BCUT2D eigenvalue weighted by molar-refractivity contribution is 6.34. The van der Waals surface area contributed by atoms with Crippen molar-refractivity contribution in [2.24, 2.45) is 13.0 Å². The number of likely N-dealkylation sites (tertiary alicyclic amines) is 1. The number of esters is 1. The number of aryl methyl sites for hydroxylation is 1. The first kappa shape index (κ1) is 30.2. The minimum atomic E-state index is -1.24. The van der Waals surface area contributed by atoms with Crippen LogP contribution in [0.4, 0.5) is 10.1 Å². The number of halogens is 2. The molecule has 1 aliphatic carbocycles. The Balaban J connectivity index is 1.31. The number of aromatic nitrogens is 1. The zero-order valence-corrected chi connectivity index (χ0v) is 25.0. The first-order chi connectivity index (χ1) is 20.1. The summed E-state index contributed by atoms with van der Waals surface area (Å²) in [5.41, 5.74) is 0.372. The summed E-state index contributed by atoms with van der Waals surface area (Å²) >= 11 is 6.51. The second-order valence-corrected chi connectivity index (χ2v) is 11.8. The van der Waals surface area contributed by atoms with E-state index in [2.05, 4.69) is 5.32 Å². The van der Waals surface area contributed by atoms with Crippen molar-refractivity contribution in [3.8, 4) is 0 Å². The fourth-order valence-corrected chi connectivity index (χ4v) is 6.47. The second kappa shape index (κ2) is 12.5. The quantitative estimate of drug-likeness (QED) is 0.309. The average Bonchev–Trinajstić information content (AvgIpc) is 3.65. The largest absolute Gasteiger partial charge is 0.469 e. The molecule has 0 radical (unpaired) electrons. The van der Waals surface area contributed by atoms with E-state index in [9.17, 15) is 14.4 Å². The number of Topliss-reactive ketones (excluding diaryl/α,β-unsaturated/α-hetero) is 1. The van der Waals surface area contributed by atoms with Gasteiger partial charge in [0.15, 0.2) is 11.5 Å². The van der Waals surface area contributed by atoms with Gasteiger partial charge in [0.25, 0.3) is 5.91 Å². The molecule has 1 unspecified atom stereocenters. The Bertz CT molecular complexity index is 1490. The van der Waals surface area contributed by atoms with Crippen molar-refractivity contribution in [1.82, 2.24) is 9.47 Å². The van der Waals surface area contributed by atoms with E-state index in [0.717, 1.165) is 29.8 Å². The van der Waals surface area contributed by atoms with Gasteiger partial charge >= 0.3 is 5.97 Å². The summed E-state index contributed by atoms with van der Waals surface area (Å²) in [7, 11) is 3.25. The molecule has 8 nitrogen and oxygen atoms in total. The Hall–Kier alpha value is -3.27. The van der Waals surface area contributed by atoms with Crippen LogP contribution in [0.15, 0.2) is 42.6 Å². The van der Waals surface area contributed by atoms with Crippen molar-refractivity contribution in [3.63, 3.8) is 0 Å². The van der Waals surface area contributed by atoms with E-state index in [-0.39, 0.29) is 46.5 Å². The highest BCUT2D eigenvalue weighted by Crippen LogP contribution is 2.35. The van der Waals surface area contributed by atoms with Crippen molar-refractivity contribution >= 4 is 45.9 Å². The van der Waals surface area contributed by atoms with Gasteiger partial charge in [0.2, 0.25) is 0 Å². The minimum Gasteiger partial charge on any atom is -0.469 e. The van der Waals surface area contributed by atoms with Crippen molar-refractivity contribution in [1.29, 1.82) is 0 Å². The van der Waals surface area contributed by atoms with Crippen LogP contribution in [-0.4, -0.2) is 59.2 Å². The van der Waals surface area contributed by atoms with Crippen molar-refractivity contribution in [2.75, 3.05) is 25.5 Å². The lowest BCUT2D eigenvalue weighted by atomic mass is 9.87. The average molecular weight is 598 g/mol. The van der Waals surface area contributed by atoms with Gasteiger partial charge in [-0.1, -0.05) is 29.8 Å². The number of para-hydroxylation sites is 1. The maximum absolute atomic E-state index is 15.4. The van der Waals surface area contributed by atoms with Crippen LogP contribution in [0.3, 0.4) is 0 Å². The molecule has 2 aromatic carbocycles. The molecule has 0 spiro atoms. The van der Waals surface area contributed by atoms with Gasteiger partial charge in [-0.25, -0.2) is 4.39 Å². The van der Waals surface area contributed by atoms with Crippen LogP contribution in [-0.2, 0) is 32.5 Å². The number of nitrogens with zero attached hydrogens (tertiary/aromatic N) is 2. The highest BCUT2D eigenvalue weighted by atomic mass is 35.5. The number of rotatable bonds is 9. The molecule has 42 heavy (non-hydrogen) atoms. The number of hydrogen-bond acceptors (Lipinski definition) is 6. The zero-order chi connectivity index (χ0) is 30.0. The molecule has 2 heterocycles. The van der Waals surface area contributed by atoms with Crippen molar-refractivity contribution in [2.45, 2.75) is 63.7 Å². The second-order valence-electron chi connectivity index (χ2n) is 11.4. The van der Waals surface area contributed by atoms with Gasteiger partial charge < -0.3 is 19.4 Å². The van der Waals surface area contributed by atoms with Gasteiger partial charge in [0, 0.05) is 43.7 Å². The van der Waals surface area contributed by atoms with Gasteiger partial charge in [-0.05, 0) is 69.2 Å². The Kier molecular flexibility index (Phi) is 9.01. The SMILES string of the molecule is COC(=O)C1CCC(OC(C)(C(=O)Cc2cc(Cl)c(NC(=O)c3cn(C)c4ccccc34)cc2F)N2CCCC2)CC1. The van der Waals surface area contributed by atoms with E-state index in [1.807, 2.05) is 40.8 Å². The Morgan fingerprint density at radius 3 is 2.48 bits per heavy atom.